The van der Waals surface area contributed by atoms with Crippen molar-refractivity contribution in [3.63, 3.8) is 0 Å². The average Bonchev–Trinajstić information content (AvgIpc) is 1.63. The first-order valence-corrected chi connectivity index (χ1v) is 4.88. The molecule has 6 heteroatoms. The monoisotopic (exact) mass is 171 g/mol. The summed E-state index contributed by atoms with van der Waals surface area (Å²) in [5, 5.41) is 0. The van der Waals surface area contributed by atoms with Gasteiger partial charge in [-0.2, -0.15) is 11.8 Å². The molecule has 56 valence electrons. The first-order valence-electron chi connectivity index (χ1n) is 2.15. The Kier molecular flexibility index (Phi) is 4.20. The summed E-state index contributed by atoms with van der Waals surface area (Å²) in [6, 6.07) is 0. The molecule has 9 heavy (non-hydrogen) atoms. The minimum Gasteiger partial charge on any atom is -0.726 e. The molecule has 0 spiro atoms. The molecular weight excluding hydrogens is 164 g/mol. The van der Waals surface area contributed by atoms with E-state index in [4.69, 9.17) is 0 Å². The molecule has 0 bridgehead atoms. The van der Waals surface area contributed by atoms with Crippen molar-refractivity contribution < 1.29 is 17.2 Å². The summed E-state index contributed by atoms with van der Waals surface area (Å²) in [6.07, 6.45) is 1.79. The normalized spacial score (nSPS) is 11.8. The van der Waals surface area contributed by atoms with Crippen molar-refractivity contribution in [2.75, 3.05) is 18.6 Å². The van der Waals surface area contributed by atoms with E-state index in [1.807, 2.05) is 0 Å². The maximum absolute atomic E-state index is 9.72. The molecule has 0 fully saturated rings. The molecular formula is C3H7O4S2-. The molecule has 0 aromatic rings. The molecule has 0 aliphatic heterocycles. The van der Waals surface area contributed by atoms with Crippen LogP contribution < -0.4 is 0 Å². The van der Waals surface area contributed by atoms with Crippen LogP contribution in [0, 0.1) is 0 Å². The fraction of sp³-hybridized carbons (Fsp3) is 1.00. The highest BCUT2D eigenvalue weighted by Crippen LogP contribution is 1.92. The van der Waals surface area contributed by atoms with E-state index in [1.54, 1.807) is 6.26 Å². The number of rotatable bonds is 4. The Hall–Kier alpha value is 0.220. The topological polar surface area (TPSA) is 66.4 Å². The van der Waals surface area contributed by atoms with Crippen molar-refractivity contribution in [3.05, 3.63) is 0 Å². The van der Waals surface area contributed by atoms with Gasteiger partial charge in [0.1, 0.15) is 0 Å². The van der Waals surface area contributed by atoms with Crippen LogP contribution in [0.4, 0.5) is 0 Å². The Morgan fingerprint density at radius 2 is 2.22 bits per heavy atom. The van der Waals surface area contributed by atoms with E-state index in [-0.39, 0.29) is 6.61 Å². The highest BCUT2D eigenvalue weighted by molar-refractivity contribution is 7.98. The minimum atomic E-state index is -4.46. The van der Waals surface area contributed by atoms with E-state index < -0.39 is 10.4 Å². The van der Waals surface area contributed by atoms with Crippen LogP contribution in [0.1, 0.15) is 0 Å². The molecule has 0 heterocycles. The van der Waals surface area contributed by atoms with Crippen LogP contribution in [-0.2, 0) is 14.6 Å². The molecule has 0 atom stereocenters. The van der Waals surface area contributed by atoms with Crippen LogP contribution in [0.5, 0.6) is 0 Å². The summed E-state index contributed by atoms with van der Waals surface area (Å²) >= 11 is 1.41. The lowest BCUT2D eigenvalue weighted by Gasteiger charge is -2.04. The first kappa shape index (κ1) is 9.22. The highest BCUT2D eigenvalue weighted by atomic mass is 32.3. The van der Waals surface area contributed by atoms with Crippen LogP contribution in [0.15, 0.2) is 0 Å². The van der Waals surface area contributed by atoms with Crippen molar-refractivity contribution in [1.29, 1.82) is 0 Å². The lowest BCUT2D eigenvalue weighted by Crippen LogP contribution is -2.06. The fourth-order valence-corrected chi connectivity index (χ4v) is 0.862. The number of hydrogen-bond donors (Lipinski definition) is 0. The van der Waals surface area contributed by atoms with Crippen molar-refractivity contribution >= 4 is 22.2 Å². The molecule has 0 radical (unpaired) electrons. The lowest BCUT2D eigenvalue weighted by molar-refractivity contribution is 0.277. The molecule has 0 rings (SSSR count). The Morgan fingerprint density at radius 3 is 2.56 bits per heavy atom. The van der Waals surface area contributed by atoms with E-state index in [2.05, 4.69) is 4.18 Å². The fourth-order valence-electron chi connectivity index (χ4n) is 0.219. The van der Waals surface area contributed by atoms with Gasteiger partial charge in [0.2, 0.25) is 10.4 Å². The zero-order valence-corrected chi connectivity index (χ0v) is 6.50. The Balaban J connectivity index is 3.30. The van der Waals surface area contributed by atoms with E-state index in [0.29, 0.717) is 5.75 Å². The molecule has 0 saturated heterocycles. The van der Waals surface area contributed by atoms with Crippen LogP contribution in [0.2, 0.25) is 0 Å². The molecule has 0 aliphatic carbocycles. The molecule has 0 unspecified atom stereocenters. The molecule has 4 nitrogen and oxygen atoms in total. The van der Waals surface area contributed by atoms with Crippen LogP contribution in [-0.4, -0.2) is 31.6 Å². The maximum Gasteiger partial charge on any atom is 0.217 e. The third-order valence-electron chi connectivity index (χ3n) is 0.515. The van der Waals surface area contributed by atoms with Gasteiger partial charge in [-0.15, -0.1) is 0 Å². The summed E-state index contributed by atoms with van der Waals surface area (Å²) in [5.74, 6) is 0.515. The predicted molar refractivity (Wildman–Crippen MR) is 34.0 cm³/mol. The first-order chi connectivity index (χ1) is 4.06. The zero-order chi connectivity index (χ0) is 7.33. The summed E-state index contributed by atoms with van der Waals surface area (Å²) < 4.78 is 33.0. The second-order valence-corrected chi connectivity index (χ2v) is 3.26. The minimum absolute atomic E-state index is 0.0347. The van der Waals surface area contributed by atoms with Crippen molar-refractivity contribution in [1.82, 2.24) is 0 Å². The zero-order valence-electron chi connectivity index (χ0n) is 4.86. The highest BCUT2D eigenvalue weighted by Gasteiger charge is 1.91. The van der Waals surface area contributed by atoms with Gasteiger partial charge < -0.3 is 4.55 Å². The third-order valence-corrected chi connectivity index (χ3v) is 1.55. The van der Waals surface area contributed by atoms with Gasteiger partial charge >= 0.3 is 0 Å². The number of thioether (sulfide) groups is 1. The quantitative estimate of drug-likeness (QED) is 0.333. The van der Waals surface area contributed by atoms with E-state index >= 15 is 0 Å². The molecule has 0 aromatic heterocycles. The maximum atomic E-state index is 9.72. The van der Waals surface area contributed by atoms with E-state index in [0.717, 1.165) is 0 Å². The van der Waals surface area contributed by atoms with Gasteiger partial charge in [0.05, 0.1) is 6.61 Å². The van der Waals surface area contributed by atoms with Gasteiger partial charge in [0.15, 0.2) is 0 Å². The standard InChI is InChI=1S/C3H8O4S2/c1-8-3-2-7-9(4,5)6/h2-3H2,1H3,(H,4,5,6)/p-1. The van der Waals surface area contributed by atoms with Crippen molar-refractivity contribution in [2.45, 2.75) is 0 Å². The second-order valence-electron chi connectivity index (χ2n) is 1.22. The lowest BCUT2D eigenvalue weighted by atomic mass is 10.9. The Bertz CT molecular complexity index is 149. The Morgan fingerprint density at radius 1 is 1.67 bits per heavy atom. The van der Waals surface area contributed by atoms with Gasteiger partial charge in [0, 0.05) is 5.75 Å². The van der Waals surface area contributed by atoms with E-state index in [1.165, 1.54) is 11.8 Å². The summed E-state index contributed by atoms with van der Waals surface area (Å²) in [4.78, 5) is 0. The van der Waals surface area contributed by atoms with Crippen LogP contribution in [0.3, 0.4) is 0 Å². The van der Waals surface area contributed by atoms with Gasteiger partial charge in [-0.05, 0) is 6.26 Å². The van der Waals surface area contributed by atoms with Crippen LogP contribution in [0.25, 0.3) is 0 Å². The Labute approximate surface area is 58.5 Å². The SMILES string of the molecule is CSCCOS(=O)(=O)[O-]. The predicted octanol–water partition coefficient (Wildman–Crippen LogP) is -0.174. The van der Waals surface area contributed by atoms with Gasteiger partial charge in [-0.25, -0.2) is 8.42 Å². The molecule has 0 saturated carbocycles. The molecule has 0 amide bonds. The van der Waals surface area contributed by atoms with Gasteiger partial charge in [-0.1, -0.05) is 0 Å². The van der Waals surface area contributed by atoms with E-state index in [9.17, 15) is 13.0 Å². The van der Waals surface area contributed by atoms with Gasteiger partial charge in [0.25, 0.3) is 0 Å². The number of hydrogen-bond acceptors (Lipinski definition) is 5. The summed E-state index contributed by atoms with van der Waals surface area (Å²) in [5.41, 5.74) is 0. The smallest absolute Gasteiger partial charge is 0.217 e. The van der Waals surface area contributed by atoms with Crippen LogP contribution >= 0.6 is 11.8 Å². The third kappa shape index (κ3) is 8.22. The van der Waals surface area contributed by atoms with Crippen molar-refractivity contribution in [2.24, 2.45) is 0 Å². The van der Waals surface area contributed by atoms with Crippen molar-refractivity contribution in [3.8, 4) is 0 Å². The van der Waals surface area contributed by atoms with Gasteiger partial charge in [-0.3, -0.25) is 4.18 Å². The summed E-state index contributed by atoms with van der Waals surface area (Å²) in [7, 11) is -4.46. The molecule has 0 aromatic carbocycles. The molecule has 0 N–H and O–H groups in total. The second kappa shape index (κ2) is 4.10. The largest absolute Gasteiger partial charge is 0.726 e. The summed E-state index contributed by atoms with van der Waals surface area (Å²) in [6.45, 7) is -0.0347. The average molecular weight is 171 g/mol. The molecule has 0 aliphatic rings.